The SMILES string of the molecule is CC.CCC(=O)OC.CCc1c(C)c2cc3[nH]c(cc4nc(c(C)c5nc(cc1[nH]2)C(C)=C5)CC4C)c(C)c3C(C)OCCOCCCl. The van der Waals surface area contributed by atoms with E-state index in [1.54, 1.807) is 6.92 Å². The number of allylic oxidation sites excluding steroid dienone is 1. The number of carbonyl (C=O) groups excluding carboxylic acids is 1. The Labute approximate surface area is 291 Å². The van der Waals surface area contributed by atoms with Crippen LogP contribution in [0.1, 0.15) is 118 Å². The normalized spacial score (nSPS) is 14.3. The van der Waals surface area contributed by atoms with Gasteiger partial charge in [-0.25, -0.2) is 4.98 Å². The molecule has 0 aromatic carbocycles. The first kappa shape index (κ1) is 39.0. The molecule has 8 bridgehead atoms. The van der Waals surface area contributed by atoms with E-state index in [1.165, 1.54) is 29.4 Å². The second kappa shape index (κ2) is 18.3. The largest absolute Gasteiger partial charge is 0.469 e. The number of fused-ring (bicyclic) bond motifs is 8. The third kappa shape index (κ3) is 9.16. The van der Waals surface area contributed by atoms with Crippen LogP contribution in [-0.2, 0) is 31.8 Å². The van der Waals surface area contributed by atoms with Crippen molar-refractivity contribution in [3.05, 3.63) is 68.8 Å². The number of nitrogens with zero attached hydrogens (tertiary/aromatic N) is 2. The fourth-order valence-corrected chi connectivity index (χ4v) is 6.18. The van der Waals surface area contributed by atoms with Crippen LogP contribution in [0.3, 0.4) is 0 Å². The number of hydrogen-bond donors (Lipinski definition) is 2. The molecule has 0 amide bonds. The predicted molar refractivity (Wildman–Crippen MR) is 200 cm³/mol. The van der Waals surface area contributed by atoms with Crippen LogP contribution in [-0.4, -0.2) is 58.7 Å². The van der Waals surface area contributed by atoms with Gasteiger partial charge in [0.2, 0.25) is 0 Å². The molecule has 2 unspecified atom stereocenters. The van der Waals surface area contributed by atoms with Crippen LogP contribution in [0.15, 0.2) is 18.2 Å². The first-order valence-electron chi connectivity index (χ1n) is 17.3. The number of halogens is 1. The number of aryl methyl sites for hydroxylation is 3. The molecule has 0 saturated carbocycles. The highest BCUT2D eigenvalue weighted by Gasteiger charge is 2.21. The van der Waals surface area contributed by atoms with Crippen molar-refractivity contribution in [3.8, 4) is 0 Å². The van der Waals surface area contributed by atoms with E-state index < -0.39 is 0 Å². The lowest BCUT2D eigenvalue weighted by Crippen LogP contribution is -2.09. The number of aromatic amines is 2. The number of aromatic nitrogens is 4. The van der Waals surface area contributed by atoms with Crippen LogP contribution >= 0.6 is 11.6 Å². The number of carbonyl (C=O) groups is 1. The van der Waals surface area contributed by atoms with Crippen molar-refractivity contribution in [2.24, 2.45) is 0 Å². The molecule has 0 fully saturated rings. The van der Waals surface area contributed by atoms with Gasteiger partial charge in [-0.2, -0.15) is 0 Å². The van der Waals surface area contributed by atoms with E-state index in [-0.39, 0.29) is 12.1 Å². The molecule has 8 nitrogen and oxygen atoms in total. The van der Waals surface area contributed by atoms with Crippen molar-refractivity contribution < 1.29 is 19.0 Å². The van der Waals surface area contributed by atoms with Gasteiger partial charge in [0.05, 0.1) is 44.4 Å². The third-order valence-corrected chi connectivity index (χ3v) is 9.01. The van der Waals surface area contributed by atoms with Gasteiger partial charge in [-0.05, 0) is 99.6 Å². The number of ether oxygens (including phenoxy) is 3. The van der Waals surface area contributed by atoms with Gasteiger partial charge in [0.15, 0.2) is 0 Å². The Morgan fingerprint density at radius 3 is 2.25 bits per heavy atom. The summed E-state index contributed by atoms with van der Waals surface area (Å²) in [5, 5.41) is 0. The van der Waals surface area contributed by atoms with Gasteiger partial charge >= 0.3 is 5.97 Å². The summed E-state index contributed by atoms with van der Waals surface area (Å²) in [6.45, 7) is 22.5. The number of nitrogens with one attached hydrogen (secondary N) is 2. The molecule has 5 heterocycles. The third-order valence-electron chi connectivity index (χ3n) is 8.86. The molecular weight excluding hydrogens is 624 g/mol. The van der Waals surface area contributed by atoms with Crippen molar-refractivity contribution in [1.29, 1.82) is 0 Å². The van der Waals surface area contributed by atoms with E-state index in [4.69, 9.17) is 31.0 Å². The Bertz CT molecular complexity index is 1750. The molecule has 3 aromatic heterocycles. The monoisotopic (exact) mass is 678 g/mol. The maximum Gasteiger partial charge on any atom is 0.305 e. The summed E-state index contributed by atoms with van der Waals surface area (Å²) in [5.41, 5.74) is 15.8. The highest BCUT2D eigenvalue weighted by Crippen LogP contribution is 2.34. The van der Waals surface area contributed by atoms with E-state index in [9.17, 15) is 4.79 Å². The summed E-state index contributed by atoms with van der Waals surface area (Å²) < 4.78 is 16.1. The number of esters is 1. The second-order valence-electron chi connectivity index (χ2n) is 12.0. The molecule has 9 heteroatoms. The van der Waals surface area contributed by atoms with Gasteiger partial charge in [-0.15, -0.1) is 11.6 Å². The van der Waals surface area contributed by atoms with Crippen molar-refractivity contribution in [3.63, 3.8) is 0 Å². The summed E-state index contributed by atoms with van der Waals surface area (Å²) in [6, 6.07) is 6.65. The maximum atomic E-state index is 9.96. The summed E-state index contributed by atoms with van der Waals surface area (Å²) in [7, 11) is 1.38. The van der Waals surface area contributed by atoms with Crippen LogP contribution < -0.4 is 0 Å². The standard InChI is InChI=1S/C33H41ClN4O2.C4H8O2.C2H6/c1-8-24-20(4)29-17-32-33(23(7)40-12-11-39-10-9-34)22(6)30(38-32)15-25-18(2)13-27(35-25)21(5)28-14-19(3)26(36-28)16-31(24)37-29;1-3-4(5)6-2;1-2/h14-18,23,37-38H,8-13H2,1-7H3;3H2,1-2H3;1-2H3. The van der Waals surface area contributed by atoms with Crippen LogP contribution in [0.4, 0.5) is 0 Å². The fraction of sp³-hybridized carbons (Fsp3) is 0.513. The van der Waals surface area contributed by atoms with E-state index in [0.29, 0.717) is 38.0 Å². The lowest BCUT2D eigenvalue weighted by molar-refractivity contribution is -0.140. The highest BCUT2D eigenvalue weighted by molar-refractivity contribution is 6.17. The lowest BCUT2D eigenvalue weighted by Gasteiger charge is -2.14. The number of rotatable bonds is 9. The molecule has 2 atom stereocenters. The van der Waals surface area contributed by atoms with Crippen LogP contribution in [0, 0.1) is 20.8 Å². The molecule has 3 aromatic rings. The zero-order chi connectivity index (χ0) is 35.5. The Kier molecular flexibility index (Phi) is 14.9. The van der Waals surface area contributed by atoms with Crippen LogP contribution in [0.25, 0.3) is 33.7 Å². The molecule has 2 aliphatic heterocycles. The van der Waals surface area contributed by atoms with E-state index in [0.717, 1.165) is 68.8 Å². The summed E-state index contributed by atoms with van der Waals surface area (Å²) in [6.07, 6.45) is 4.39. The Morgan fingerprint density at radius 1 is 0.938 bits per heavy atom. The Balaban J connectivity index is 0.000000705. The minimum Gasteiger partial charge on any atom is -0.469 e. The molecule has 0 radical (unpaired) electrons. The number of hydrogen-bond acceptors (Lipinski definition) is 6. The molecule has 48 heavy (non-hydrogen) atoms. The zero-order valence-electron chi connectivity index (χ0n) is 30.8. The maximum absolute atomic E-state index is 9.96. The number of alkyl halides is 1. The van der Waals surface area contributed by atoms with E-state index >= 15 is 0 Å². The Morgan fingerprint density at radius 2 is 1.62 bits per heavy atom. The van der Waals surface area contributed by atoms with Crippen molar-refractivity contribution >= 4 is 51.3 Å². The van der Waals surface area contributed by atoms with Gasteiger partial charge in [0.25, 0.3) is 0 Å². The van der Waals surface area contributed by atoms with Gasteiger partial charge < -0.3 is 24.2 Å². The minimum atomic E-state index is -0.157. The molecule has 0 saturated heterocycles. The lowest BCUT2D eigenvalue weighted by atomic mass is 10.0. The summed E-state index contributed by atoms with van der Waals surface area (Å²) in [4.78, 5) is 27.6. The fourth-order valence-electron chi connectivity index (χ4n) is 6.07. The van der Waals surface area contributed by atoms with E-state index in [1.807, 2.05) is 13.8 Å². The average molecular weight is 679 g/mol. The van der Waals surface area contributed by atoms with Gasteiger partial charge in [0, 0.05) is 57.2 Å². The first-order chi connectivity index (χ1) is 23.0. The molecular formula is C39H55ClN4O4. The Hall–Kier alpha value is -3.46. The van der Waals surface area contributed by atoms with Crippen molar-refractivity contribution in [1.82, 2.24) is 19.9 Å². The van der Waals surface area contributed by atoms with Crippen molar-refractivity contribution in [2.75, 3.05) is 32.8 Å². The molecule has 2 N–H and O–H groups in total. The topological polar surface area (TPSA) is 102 Å². The molecule has 262 valence electrons. The quantitative estimate of drug-likeness (QED) is 0.133. The second-order valence-corrected chi connectivity index (χ2v) is 12.4. The van der Waals surface area contributed by atoms with Gasteiger partial charge in [-0.3, -0.25) is 9.78 Å². The smallest absolute Gasteiger partial charge is 0.305 e. The molecule has 5 rings (SSSR count). The van der Waals surface area contributed by atoms with Crippen LogP contribution in [0.2, 0.25) is 0 Å². The predicted octanol–water partition coefficient (Wildman–Crippen LogP) is 9.64. The zero-order valence-corrected chi connectivity index (χ0v) is 31.6. The first-order valence-corrected chi connectivity index (χ1v) is 17.8. The molecule has 0 aliphatic carbocycles. The van der Waals surface area contributed by atoms with Gasteiger partial charge in [0.1, 0.15) is 0 Å². The molecule has 0 spiro atoms. The number of H-pyrrole nitrogens is 2. The van der Waals surface area contributed by atoms with Gasteiger partial charge in [-0.1, -0.05) is 34.6 Å². The van der Waals surface area contributed by atoms with Crippen LogP contribution in [0.5, 0.6) is 0 Å². The summed E-state index contributed by atoms with van der Waals surface area (Å²) in [5.74, 6) is 0.657. The summed E-state index contributed by atoms with van der Waals surface area (Å²) >= 11 is 5.75. The minimum absolute atomic E-state index is 0.117. The number of methoxy groups -OCH3 is 1. The molecule has 2 aliphatic rings. The average Bonchev–Trinajstić information content (AvgIpc) is 3.81. The van der Waals surface area contributed by atoms with Crippen molar-refractivity contribution in [2.45, 2.75) is 101 Å². The highest BCUT2D eigenvalue weighted by atomic mass is 35.5. The van der Waals surface area contributed by atoms with E-state index in [2.05, 4.69) is 87.4 Å².